The maximum absolute atomic E-state index is 14.8. The number of pyridine rings is 1. The van der Waals surface area contributed by atoms with Crippen LogP contribution in [0.15, 0.2) is 42.6 Å². The lowest BCUT2D eigenvalue weighted by atomic mass is 9.88. The lowest BCUT2D eigenvalue weighted by molar-refractivity contribution is 0.00970. The molecule has 4 rings (SSSR count). The fourth-order valence-electron chi connectivity index (χ4n) is 4.96. The molecule has 2 aromatic rings. The topological polar surface area (TPSA) is 118 Å². The second-order valence-corrected chi connectivity index (χ2v) is 11.4. The molecular weight excluding hydrogens is 531 g/mol. The molecule has 2 aliphatic rings. The molecule has 2 aliphatic heterocycles. The average Bonchev–Trinajstić information content (AvgIpc) is 2.96. The van der Waals surface area contributed by atoms with Gasteiger partial charge in [0.05, 0.1) is 25.3 Å². The van der Waals surface area contributed by atoms with Gasteiger partial charge in [-0.25, -0.2) is 9.18 Å². The van der Waals surface area contributed by atoms with Gasteiger partial charge >= 0.3 is 6.09 Å². The monoisotopic (exact) mass is 568 g/mol. The van der Waals surface area contributed by atoms with Crippen molar-refractivity contribution in [1.82, 2.24) is 20.1 Å². The van der Waals surface area contributed by atoms with Gasteiger partial charge in [0, 0.05) is 37.3 Å². The molecule has 0 bridgehead atoms. The summed E-state index contributed by atoms with van der Waals surface area (Å²) in [6.45, 7) is 6.17. The molecule has 0 spiro atoms. The van der Waals surface area contributed by atoms with Gasteiger partial charge in [0.25, 0.3) is 11.8 Å². The number of carbonyl (C=O) groups excluding carboxylic acids is 4. The third-order valence-corrected chi connectivity index (χ3v) is 7.28. The number of Topliss-reactive ketones (excluding diaryl/α,β-unsaturated/α-hetero) is 1. The highest BCUT2D eigenvalue weighted by Crippen LogP contribution is 2.24. The third-order valence-electron chi connectivity index (χ3n) is 7.28. The van der Waals surface area contributed by atoms with Gasteiger partial charge < -0.3 is 24.6 Å². The Morgan fingerprint density at radius 2 is 1.56 bits per heavy atom. The summed E-state index contributed by atoms with van der Waals surface area (Å²) in [6.07, 6.45) is 0.609. The standard InChI is InChI=1S/C30H37FN4O6/c1-30(2,3)41-29(39)35-16-13-24(23(31)18-35)33-27(37)21-7-10-25(32-17-21)28(38)34-14-11-20(12-15-34)26(36)19-5-8-22(40-4)9-6-19/h5-10,17,20,23-24H,11-16,18H2,1-4H3,(H,33,37). The Labute approximate surface area is 239 Å². The van der Waals surface area contributed by atoms with Crippen LogP contribution in [0.3, 0.4) is 0 Å². The van der Waals surface area contributed by atoms with Gasteiger partial charge in [-0.3, -0.25) is 19.4 Å². The summed E-state index contributed by atoms with van der Waals surface area (Å²) in [4.78, 5) is 58.0. The van der Waals surface area contributed by atoms with E-state index in [1.165, 1.54) is 23.2 Å². The van der Waals surface area contributed by atoms with E-state index in [1.54, 1.807) is 57.0 Å². The Bertz CT molecular complexity index is 1250. The summed E-state index contributed by atoms with van der Waals surface area (Å²) in [5.41, 5.74) is 0.336. The molecule has 41 heavy (non-hydrogen) atoms. The number of nitrogens with one attached hydrogen (secondary N) is 1. The predicted octanol–water partition coefficient (Wildman–Crippen LogP) is 3.90. The molecule has 3 heterocycles. The molecule has 0 aliphatic carbocycles. The summed E-state index contributed by atoms with van der Waals surface area (Å²) in [5.74, 6) is -0.204. The van der Waals surface area contributed by atoms with Gasteiger partial charge in [-0.15, -0.1) is 0 Å². The first-order valence-corrected chi connectivity index (χ1v) is 13.8. The predicted molar refractivity (Wildman–Crippen MR) is 149 cm³/mol. The molecule has 1 aromatic carbocycles. The SMILES string of the molecule is COc1ccc(C(=O)C2CCN(C(=O)c3ccc(C(=O)NC4CCN(C(=O)OC(C)(C)C)CC4F)cn3)CC2)cc1. The van der Waals surface area contributed by atoms with E-state index in [1.807, 2.05) is 0 Å². The molecule has 10 nitrogen and oxygen atoms in total. The molecule has 0 saturated carbocycles. The van der Waals surface area contributed by atoms with Crippen molar-refractivity contribution in [2.45, 2.75) is 57.8 Å². The van der Waals surface area contributed by atoms with Crippen molar-refractivity contribution in [3.8, 4) is 5.75 Å². The van der Waals surface area contributed by atoms with Crippen LogP contribution >= 0.6 is 0 Å². The minimum absolute atomic E-state index is 0.0549. The van der Waals surface area contributed by atoms with E-state index in [-0.39, 0.29) is 48.4 Å². The number of rotatable bonds is 6. The molecule has 3 amide bonds. The van der Waals surface area contributed by atoms with E-state index >= 15 is 0 Å². The second-order valence-electron chi connectivity index (χ2n) is 11.4. The third kappa shape index (κ3) is 7.59. The number of piperidine rings is 2. The molecule has 220 valence electrons. The zero-order chi connectivity index (χ0) is 29.7. The number of nitrogens with zero attached hydrogens (tertiary/aromatic N) is 3. The summed E-state index contributed by atoms with van der Waals surface area (Å²) in [7, 11) is 1.57. The molecule has 2 unspecified atom stereocenters. The van der Waals surface area contributed by atoms with Gasteiger partial charge in [-0.2, -0.15) is 0 Å². The fraction of sp³-hybridized carbons (Fsp3) is 0.500. The first kappa shape index (κ1) is 30.0. The van der Waals surface area contributed by atoms with Crippen molar-refractivity contribution >= 4 is 23.7 Å². The van der Waals surface area contributed by atoms with Gasteiger partial charge in [-0.05, 0) is 76.4 Å². The second kappa shape index (κ2) is 12.7. The summed E-state index contributed by atoms with van der Waals surface area (Å²) < 4.78 is 25.2. The number of aromatic nitrogens is 1. The van der Waals surface area contributed by atoms with Crippen molar-refractivity contribution in [1.29, 1.82) is 0 Å². The van der Waals surface area contributed by atoms with E-state index < -0.39 is 29.8 Å². The number of ether oxygens (including phenoxy) is 2. The number of hydrogen-bond donors (Lipinski definition) is 1. The van der Waals surface area contributed by atoms with Gasteiger partial charge in [0.1, 0.15) is 23.2 Å². The number of carbonyl (C=O) groups is 4. The Kier molecular flexibility index (Phi) is 9.25. The Hall–Kier alpha value is -4.02. The molecule has 2 fully saturated rings. The minimum atomic E-state index is -1.45. The lowest BCUT2D eigenvalue weighted by Crippen LogP contribution is -2.54. The summed E-state index contributed by atoms with van der Waals surface area (Å²) in [6, 6.07) is 9.22. The maximum Gasteiger partial charge on any atom is 0.410 e. The molecule has 1 aromatic heterocycles. The Morgan fingerprint density at radius 1 is 0.927 bits per heavy atom. The van der Waals surface area contributed by atoms with E-state index in [0.717, 1.165) is 0 Å². The number of halogens is 1. The normalized spacial score (nSPS) is 19.8. The highest BCUT2D eigenvalue weighted by molar-refractivity contribution is 5.99. The van der Waals surface area contributed by atoms with Crippen LogP contribution in [0.5, 0.6) is 5.75 Å². The number of alkyl halides is 1. The quantitative estimate of drug-likeness (QED) is 0.525. The zero-order valence-corrected chi connectivity index (χ0v) is 23.9. The highest BCUT2D eigenvalue weighted by Gasteiger charge is 2.35. The van der Waals surface area contributed by atoms with E-state index in [4.69, 9.17) is 9.47 Å². The van der Waals surface area contributed by atoms with Crippen molar-refractivity contribution in [2.24, 2.45) is 5.92 Å². The van der Waals surface area contributed by atoms with E-state index in [0.29, 0.717) is 37.2 Å². The number of methoxy groups -OCH3 is 1. The molecule has 1 N–H and O–H groups in total. The molecule has 0 radical (unpaired) electrons. The number of ketones is 1. The van der Waals surface area contributed by atoms with Crippen LogP contribution in [0, 0.1) is 5.92 Å². The maximum atomic E-state index is 14.8. The Balaban J connectivity index is 1.26. The van der Waals surface area contributed by atoms with Crippen LogP contribution in [0.1, 0.15) is 71.2 Å². The van der Waals surface area contributed by atoms with E-state index in [2.05, 4.69) is 10.3 Å². The molecular formula is C30H37FN4O6. The smallest absolute Gasteiger partial charge is 0.410 e. The van der Waals surface area contributed by atoms with Crippen molar-refractivity contribution in [2.75, 3.05) is 33.3 Å². The lowest BCUT2D eigenvalue weighted by Gasteiger charge is -2.35. The van der Waals surface area contributed by atoms with Crippen LogP contribution in [0.2, 0.25) is 0 Å². The number of benzene rings is 1. The van der Waals surface area contributed by atoms with Crippen LogP contribution in [0.25, 0.3) is 0 Å². The van der Waals surface area contributed by atoms with Crippen molar-refractivity contribution in [3.63, 3.8) is 0 Å². The number of amides is 3. The zero-order valence-electron chi connectivity index (χ0n) is 23.9. The van der Waals surface area contributed by atoms with Crippen LogP contribution in [-0.4, -0.2) is 89.6 Å². The number of hydrogen-bond acceptors (Lipinski definition) is 7. The van der Waals surface area contributed by atoms with Crippen LogP contribution < -0.4 is 10.1 Å². The first-order chi connectivity index (χ1) is 19.4. The largest absolute Gasteiger partial charge is 0.497 e. The van der Waals surface area contributed by atoms with Gasteiger partial charge in [0.2, 0.25) is 0 Å². The van der Waals surface area contributed by atoms with Gasteiger partial charge in [-0.1, -0.05) is 0 Å². The number of likely N-dealkylation sites (tertiary alicyclic amines) is 2. The fourth-order valence-corrected chi connectivity index (χ4v) is 4.96. The first-order valence-electron chi connectivity index (χ1n) is 13.8. The molecule has 2 atom stereocenters. The molecule has 11 heteroatoms. The van der Waals surface area contributed by atoms with E-state index in [9.17, 15) is 23.6 Å². The molecule has 2 saturated heterocycles. The van der Waals surface area contributed by atoms with Crippen LogP contribution in [-0.2, 0) is 4.74 Å². The Morgan fingerprint density at radius 3 is 2.12 bits per heavy atom. The van der Waals surface area contributed by atoms with Crippen LogP contribution in [0.4, 0.5) is 9.18 Å². The summed E-state index contributed by atoms with van der Waals surface area (Å²) in [5, 5.41) is 2.67. The summed E-state index contributed by atoms with van der Waals surface area (Å²) >= 11 is 0. The average molecular weight is 569 g/mol. The highest BCUT2D eigenvalue weighted by atomic mass is 19.1. The van der Waals surface area contributed by atoms with Crippen molar-refractivity contribution in [3.05, 3.63) is 59.4 Å². The van der Waals surface area contributed by atoms with Gasteiger partial charge in [0.15, 0.2) is 5.78 Å². The van der Waals surface area contributed by atoms with Crippen molar-refractivity contribution < 1.29 is 33.0 Å². The minimum Gasteiger partial charge on any atom is -0.497 e.